The predicted octanol–water partition coefficient (Wildman–Crippen LogP) is 3.78. The lowest BCUT2D eigenvalue weighted by atomic mass is 10.2. The molecule has 1 aliphatic rings. The molecular weight excluding hydrogens is 320 g/mol. The summed E-state index contributed by atoms with van der Waals surface area (Å²) in [6.07, 6.45) is 6.17. The Morgan fingerprint density at radius 3 is 2.75 bits per heavy atom. The lowest BCUT2D eigenvalue weighted by Gasteiger charge is -2.08. The van der Waals surface area contributed by atoms with E-state index in [0.717, 1.165) is 0 Å². The first kappa shape index (κ1) is 15.7. The van der Waals surface area contributed by atoms with Gasteiger partial charge in [-0.15, -0.1) is 0 Å². The lowest BCUT2D eigenvalue weighted by Crippen LogP contribution is -2.10. The van der Waals surface area contributed by atoms with Gasteiger partial charge in [0.15, 0.2) is 5.70 Å². The maximum atomic E-state index is 12.4. The number of carbonyl (C=O) groups is 1. The van der Waals surface area contributed by atoms with Crippen molar-refractivity contribution in [3.05, 3.63) is 71.8 Å². The van der Waals surface area contributed by atoms with Crippen LogP contribution in [0.3, 0.4) is 0 Å². The fraction of sp³-hybridized carbons (Fsp3) is 0.0588. The highest BCUT2D eigenvalue weighted by Crippen LogP contribution is 2.25. The number of allylic oxidation sites excluding steroid dienone is 2. The second kappa shape index (κ2) is 6.91. The fourth-order valence-electron chi connectivity index (χ4n) is 2.00. The summed E-state index contributed by atoms with van der Waals surface area (Å²) in [6.45, 7) is -2.99. The van der Waals surface area contributed by atoms with Crippen LogP contribution in [0.25, 0.3) is 6.08 Å². The van der Waals surface area contributed by atoms with E-state index in [0.29, 0.717) is 5.76 Å². The number of benzene rings is 1. The van der Waals surface area contributed by atoms with E-state index in [1.807, 2.05) is 0 Å². The largest absolute Gasteiger partial charge is 0.465 e. The molecule has 0 saturated carbocycles. The Labute approximate surface area is 135 Å². The number of rotatable bonds is 5. The molecule has 122 valence electrons. The van der Waals surface area contributed by atoms with Crippen LogP contribution < -0.4 is 4.74 Å². The van der Waals surface area contributed by atoms with Gasteiger partial charge in [0, 0.05) is 0 Å². The van der Waals surface area contributed by atoms with E-state index in [-0.39, 0.29) is 22.9 Å². The molecule has 0 spiro atoms. The monoisotopic (exact) mass is 331 g/mol. The normalized spacial score (nSPS) is 16.0. The van der Waals surface area contributed by atoms with Crippen molar-refractivity contribution < 1.29 is 27.5 Å². The third-order valence-electron chi connectivity index (χ3n) is 3.01. The number of esters is 1. The van der Waals surface area contributed by atoms with Gasteiger partial charge in [0.2, 0.25) is 5.90 Å². The van der Waals surface area contributed by atoms with Crippen molar-refractivity contribution in [2.24, 2.45) is 4.99 Å². The molecule has 0 fully saturated rings. The summed E-state index contributed by atoms with van der Waals surface area (Å²) in [4.78, 5) is 15.9. The summed E-state index contributed by atoms with van der Waals surface area (Å²) >= 11 is 0. The molecule has 1 aromatic heterocycles. The van der Waals surface area contributed by atoms with Crippen LogP contribution in [0.2, 0.25) is 0 Å². The minimum absolute atomic E-state index is 0.0413. The van der Waals surface area contributed by atoms with Crippen LogP contribution in [-0.2, 0) is 9.53 Å². The summed E-state index contributed by atoms with van der Waals surface area (Å²) in [7, 11) is 0. The van der Waals surface area contributed by atoms with Crippen LogP contribution in [0.4, 0.5) is 8.78 Å². The molecule has 5 nitrogen and oxygen atoms in total. The lowest BCUT2D eigenvalue weighted by molar-refractivity contribution is -0.130. The van der Waals surface area contributed by atoms with Crippen molar-refractivity contribution in [1.29, 1.82) is 0 Å². The van der Waals surface area contributed by atoms with Gasteiger partial charge >= 0.3 is 12.6 Å². The Bertz CT molecular complexity index is 823. The van der Waals surface area contributed by atoms with E-state index >= 15 is 0 Å². The number of cyclic esters (lactones) is 1. The van der Waals surface area contributed by atoms with E-state index in [1.165, 1.54) is 30.5 Å². The molecule has 7 heteroatoms. The summed E-state index contributed by atoms with van der Waals surface area (Å²) in [6, 6.07) is 9.42. The van der Waals surface area contributed by atoms with Gasteiger partial charge in [-0.1, -0.05) is 18.2 Å². The zero-order chi connectivity index (χ0) is 16.9. The number of aliphatic imine (C=N–C) groups is 1. The number of hydrogen-bond acceptors (Lipinski definition) is 5. The number of ether oxygens (including phenoxy) is 2. The third kappa shape index (κ3) is 3.57. The van der Waals surface area contributed by atoms with Crippen LogP contribution in [0.15, 0.2) is 69.9 Å². The molecule has 2 aromatic rings. The van der Waals surface area contributed by atoms with Crippen LogP contribution >= 0.6 is 0 Å². The van der Waals surface area contributed by atoms with Gasteiger partial charge in [0.1, 0.15) is 11.5 Å². The zero-order valence-electron chi connectivity index (χ0n) is 12.2. The van der Waals surface area contributed by atoms with E-state index in [4.69, 9.17) is 9.15 Å². The smallest absolute Gasteiger partial charge is 0.387 e. The molecule has 0 radical (unpaired) electrons. The van der Waals surface area contributed by atoms with Crippen LogP contribution in [0, 0.1) is 0 Å². The minimum Gasteiger partial charge on any atom is -0.465 e. The first-order chi connectivity index (χ1) is 11.6. The number of carbonyl (C=O) groups excluding carboxylic acids is 1. The summed E-state index contributed by atoms with van der Waals surface area (Å²) in [5, 5.41) is 0. The number of hydrogen-bond donors (Lipinski definition) is 0. The SMILES string of the molecule is O=C1OC(c2ccccc2OC(F)F)=N/C1=C\C=C\c1ccco1. The van der Waals surface area contributed by atoms with Crippen molar-refractivity contribution >= 4 is 17.9 Å². The van der Waals surface area contributed by atoms with E-state index in [9.17, 15) is 13.6 Å². The Morgan fingerprint density at radius 2 is 2.00 bits per heavy atom. The summed E-state index contributed by atoms with van der Waals surface area (Å²) in [5.41, 5.74) is 0.212. The zero-order valence-corrected chi connectivity index (χ0v) is 12.2. The van der Waals surface area contributed by atoms with E-state index in [2.05, 4.69) is 9.73 Å². The fourth-order valence-corrected chi connectivity index (χ4v) is 2.00. The number of halogens is 2. The Morgan fingerprint density at radius 1 is 1.17 bits per heavy atom. The number of nitrogens with zero attached hydrogens (tertiary/aromatic N) is 1. The van der Waals surface area contributed by atoms with Gasteiger partial charge in [-0.25, -0.2) is 9.79 Å². The summed E-state index contributed by atoms with van der Waals surface area (Å²) in [5.74, 6) is -0.278. The van der Waals surface area contributed by atoms with Gasteiger partial charge in [0.25, 0.3) is 0 Å². The standard InChI is InChI=1S/C17H11F2NO4/c18-17(19)23-14-9-2-1-7-12(14)15-20-13(16(21)24-15)8-3-5-11-6-4-10-22-11/h1-10,17H/b5-3+,13-8-. The molecule has 0 atom stereocenters. The molecule has 0 amide bonds. The number of para-hydroxylation sites is 1. The van der Waals surface area contributed by atoms with Gasteiger partial charge < -0.3 is 13.9 Å². The maximum Gasteiger partial charge on any atom is 0.387 e. The highest BCUT2D eigenvalue weighted by molar-refractivity contribution is 6.12. The van der Waals surface area contributed by atoms with Crippen molar-refractivity contribution in [2.45, 2.75) is 6.61 Å². The van der Waals surface area contributed by atoms with Gasteiger partial charge in [0.05, 0.1) is 11.8 Å². The van der Waals surface area contributed by atoms with E-state index in [1.54, 1.807) is 30.4 Å². The average Bonchev–Trinajstić information content (AvgIpc) is 3.18. The number of alkyl halides is 2. The molecule has 0 aliphatic carbocycles. The topological polar surface area (TPSA) is 61.0 Å². The van der Waals surface area contributed by atoms with Crippen LogP contribution in [0.1, 0.15) is 11.3 Å². The Hall–Kier alpha value is -3.22. The molecule has 0 unspecified atom stereocenters. The molecule has 0 bridgehead atoms. The van der Waals surface area contributed by atoms with Crippen LogP contribution in [-0.4, -0.2) is 18.5 Å². The molecule has 1 aromatic carbocycles. The van der Waals surface area contributed by atoms with Gasteiger partial charge in [-0.2, -0.15) is 8.78 Å². The van der Waals surface area contributed by atoms with Gasteiger partial charge in [-0.05, 0) is 36.4 Å². The molecule has 3 rings (SSSR count). The van der Waals surface area contributed by atoms with Crippen molar-refractivity contribution in [1.82, 2.24) is 0 Å². The molecule has 0 saturated heterocycles. The van der Waals surface area contributed by atoms with E-state index < -0.39 is 12.6 Å². The predicted molar refractivity (Wildman–Crippen MR) is 81.5 cm³/mol. The highest BCUT2D eigenvalue weighted by atomic mass is 19.3. The minimum atomic E-state index is -2.99. The van der Waals surface area contributed by atoms with Crippen LogP contribution in [0.5, 0.6) is 5.75 Å². The van der Waals surface area contributed by atoms with Crippen molar-refractivity contribution in [3.8, 4) is 5.75 Å². The molecule has 1 aliphatic heterocycles. The Balaban J connectivity index is 1.84. The third-order valence-corrected chi connectivity index (χ3v) is 3.01. The van der Waals surface area contributed by atoms with Gasteiger partial charge in [-0.3, -0.25) is 0 Å². The second-order valence-electron chi connectivity index (χ2n) is 4.61. The number of furan rings is 1. The van der Waals surface area contributed by atoms with Crippen molar-refractivity contribution in [3.63, 3.8) is 0 Å². The average molecular weight is 331 g/mol. The quantitative estimate of drug-likeness (QED) is 0.618. The molecule has 0 N–H and O–H groups in total. The second-order valence-corrected chi connectivity index (χ2v) is 4.61. The molecular formula is C17H11F2NO4. The molecule has 2 heterocycles. The molecule has 24 heavy (non-hydrogen) atoms. The summed E-state index contributed by atoms with van der Waals surface area (Å²) < 4.78 is 39.4. The highest BCUT2D eigenvalue weighted by Gasteiger charge is 2.26. The Kier molecular flexibility index (Phi) is 4.51. The van der Waals surface area contributed by atoms with Crippen molar-refractivity contribution in [2.75, 3.05) is 0 Å². The first-order valence-corrected chi connectivity index (χ1v) is 6.90. The maximum absolute atomic E-state index is 12.4. The first-order valence-electron chi connectivity index (χ1n) is 6.90.